The van der Waals surface area contributed by atoms with E-state index < -0.39 is 0 Å². The number of fused-ring (bicyclic) bond motifs is 1. The average molecular weight is 275 g/mol. The molecule has 5 atom stereocenters. The third-order valence-corrected chi connectivity index (χ3v) is 6.56. The van der Waals surface area contributed by atoms with Gasteiger partial charge < -0.3 is 4.90 Å². The molecule has 2 heteroatoms. The van der Waals surface area contributed by atoms with Gasteiger partial charge in [0.1, 0.15) is 0 Å². The van der Waals surface area contributed by atoms with Gasteiger partial charge in [-0.05, 0) is 56.8 Å². The van der Waals surface area contributed by atoms with Crippen LogP contribution in [-0.4, -0.2) is 23.4 Å². The highest BCUT2D eigenvalue weighted by atomic mass is 16.2. The largest absolute Gasteiger partial charge is 0.336 e. The van der Waals surface area contributed by atoms with Crippen molar-refractivity contribution < 1.29 is 4.79 Å². The lowest BCUT2D eigenvalue weighted by Gasteiger charge is -2.39. The summed E-state index contributed by atoms with van der Waals surface area (Å²) in [6, 6.07) is 0.401. The molecular formula is C18H29NO. The molecule has 2 aliphatic carbocycles. The van der Waals surface area contributed by atoms with Crippen LogP contribution in [0.1, 0.15) is 59.3 Å². The standard InChI is InChI=1S/C18H29NO/c1-12-8-9-13(2)18(11-16(12)18)15(4)17(20)19-10-6-5-7-14(19)3/h12-14,16H,4-11H2,1-3H3. The van der Waals surface area contributed by atoms with Crippen LogP contribution in [0, 0.1) is 23.2 Å². The van der Waals surface area contributed by atoms with Gasteiger partial charge in [-0.3, -0.25) is 4.79 Å². The molecule has 0 aromatic heterocycles. The van der Waals surface area contributed by atoms with Crippen LogP contribution in [0.5, 0.6) is 0 Å². The van der Waals surface area contributed by atoms with Gasteiger partial charge in [-0.25, -0.2) is 0 Å². The maximum atomic E-state index is 12.9. The zero-order chi connectivity index (χ0) is 14.5. The van der Waals surface area contributed by atoms with E-state index in [1.54, 1.807) is 0 Å². The first kappa shape index (κ1) is 14.2. The SMILES string of the molecule is C=C(C(=O)N1CCCCC1C)C12CC1C(C)CCC2C. The Kier molecular flexibility index (Phi) is 3.46. The first-order chi connectivity index (χ1) is 9.48. The molecule has 0 spiro atoms. The van der Waals surface area contributed by atoms with E-state index in [2.05, 4.69) is 32.3 Å². The fraction of sp³-hybridized carbons (Fsp3) is 0.833. The van der Waals surface area contributed by atoms with Crippen molar-refractivity contribution in [3.8, 4) is 0 Å². The van der Waals surface area contributed by atoms with E-state index in [9.17, 15) is 4.79 Å². The molecule has 2 saturated carbocycles. The fourth-order valence-corrected chi connectivity index (χ4v) is 4.97. The van der Waals surface area contributed by atoms with Crippen LogP contribution in [-0.2, 0) is 4.79 Å². The van der Waals surface area contributed by atoms with E-state index in [4.69, 9.17) is 0 Å². The predicted molar refractivity (Wildman–Crippen MR) is 82.3 cm³/mol. The molecular weight excluding hydrogens is 246 g/mol. The van der Waals surface area contributed by atoms with E-state index >= 15 is 0 Å². The molecule has 20 heavy (non-hydrogen) atoms. The molecule has 1 saturated heterocycles. The number of piperidine rings is 1. The summed E-state index contributed by atoms with van der Waals surface area (Å²) < 4.78 is 0. The lowest BCUT2D eigenvalue weighted by molar-refractivity contribution is -0.131. The lowest BCUT2D eigenvalue weighted by Crippen LogP contribution is -2.45. The summed E-state index contributed by atoms with van der Waals surface area (Å²) in [4.78, 5) is 15.0. The minimum atomic E-state index is 0.159. The van der Waals surface area contributed by atoms with Gasteiger partial charge in [0.25, 0.3) is 0 Å². The summed E-state index contributed by atoms with van der Waals surface area (Å²) in [5.74, 6) is 2.40. The second-order valence-electron chi connectivity index (χ2n) is 7.63. The third-order valence-electron chi connectivity index (χ3n) is 6.56. The first-order valence-corrected chi connectivity index (χ1v) is 8.48. The van der Waals surface area contributed by atoms with Crippen LogP contribution >= 0.6 is 0 Å². The second kappa shape index (κ2) is 4.89. The van der Waals surface area contributed by atoms with Crippen LogP contribution in [0.4, 0.5) is 0 Å². The molecule has 0 bridgehead atoms. The number of likely N-dealkylation sites (tertiary alicyclic amines) is 1. The Hall–Kier alpha value is -0.790. The zero-order valence-electron chi connectivity index (χ0n) is 13.3. The van der Waals surface area contributed by atoms with E-state index in [0.717, 1.165) is 36.8 Å². The van der Waals surface area contributed by atoms with Crippen molar-refractivity contribution in [2.45, 2.75) is 65.3 Å². The average Bonchev–Trinajstić information content (AvgIpc) is 3.20. The van der Waals surface area contributed by atoms with Gasteiger partial charge in [-0.2, -0.15) is 0 Å². The van der Waals surface area contributed by atoms with Crippen molar-refractivity contribution >= 4 is 5.91 Å². The maximum Gasteiger partial charge on any atom is 0.250 e. The number of rotatable bonds is 2. The van der Waals surface area contributed by atoms with Crippen molar-refractivity contribution in [1.29, 1.82) is 0 Å². The van der Waals surface area contributed by atoms with E-state index in [0.29, 0.717) is 12.0 Å². The Morgan fingerprint density at radius 3 is 2.60 bits per heavy atom. The molecule has 1 amide bonds. The first-order valence-electron chi connectivity index (χ1n) is 8.48. The zero-order valence-corrected chi connectivity index (χ0v) is 13.3. The Labute approximate surface area is 123 Å². The second-order valence-corrected chi connectivity index (χ2v) is 7.63. The Balaban J connectivity index is 1.77. The predicted octanol–water partition coefficient (Wildman–Crippen LogP) is 4.02. The van der Waals surface area contributed by atoms with E-state index in [-0.39, 0.29) is 11.3 Å². The van der Waals surface area contributed by atoms with Crippen molar-refractivity contribution in [3.63, 3.8) is 0 Å². The minimum Gasteiger partial charge on any atom is -0.336 e. The Morgan fingerprint density at radius 1 is 1.15 bits per heavy atom. The van der Waals surface area contributed by atoms with Gasteiger partial charge in [0, 0.05) is 23.6 Å². The van der Waals surface area contributed by atoms with Crippen LogP contribution < -0.4 is 0 Å². The molecule has 0 radical (unpaired) electrons. The number of nitrogens with zero attached hydrogens (tertiary/aromatic N) is 1. The van der Waals surface area contributed by atoms with Gasteiger partial charge in [-0.1, -0.05) is 26.8 Å². The quantitative estimate of drug-likeness (QED) is 0.697. The summed E-state index contributed by atoms with van der Waals surface area (Å²) in [5, 5.41) is 0. The lowest BCUT2D eigenvalue weighted by atomic mass is 9.71. The highest BCUT2D eigenvalue weighted by Crippen LogP contribution is 2.69. The molecule has 2 nitrogen and oxygen atoms in total. The summed E-state index contributed by atoms with van der Waals surface area (Å²) >= 11 is 0. The summed E-state index contributed by atoms with van der Waals surface area (Å²) in [6.07, 6.45) is 7.38. The van der Waals surface area contributed by atoms with Gasteiger partial charge in [0.2, 0.25) is 5.91 Å². The molecule has 3 rings (SSSR count). The number of carbonyl (C=O) groups excluding carboxylic acids is 1. The number of amides is 1. The highest BCUT2D eigenvalue weighted by Gasteiger charge is 2.64. The van der Waals surface area contributed by atoms with Crippen LogP contribution in [0.25, 0.3) is 0 Å². The van der Waals surface area contributed by atoms with Crippen molar-refractivity contribution in [1.82, 2.24) is 4.90 Å². The van der Waals surface area contributed by atoms with Gasteiger partial charge >= 0.3 is 0 Å². The monoisotopic (exact) mass is 275 g/mol. The fourth-order valence-electron chi connectivity index (χ4n) is 4.97. The van der Waals surface area contributed by atoms with Gasteiger partial charge in [0.05, 0.1) is 0 Å². The smallest absolute Gasteiger partial charge is 0.250 e. The van der Waals surface area contributed by atoms with Gasteiger partial charge in [-0.15, -0.1) is 0 Å². The molecule has 0 aromatic carbocycles. The molecule has 0 N–H and O–H groups in total. The number of carbonyl (C=O) groups is 1. The van der Waals surface area contributed by atoms with Crippen LogP contribution in [0.15, 0.2) is 12.2 Å². The number of hydrogen-bond acceptors (Lipinski definition) is 1. The molecule has 112 valence electrons. The van der Waals surface area contributed by atoms with Crippen molar-refractivity contribution in [2.24, 2.45) is 23.2 Å². The van der Waals surface area contributed by atoms with Crippen molar-refractivity contribution in [2.75, 3.05) is 6.54 Å². The molecule has 5 unspecified atom stereocenters. The molecule has 1 aliphatic heterocycles. The van der Waals surface area contributed by atoms with Gasteiger partial charge in [0.15, 0.2) is 0 Å². The summed E-state index contributed by atoms with van der Waals surface area (Å²) in [5.41, 5.74) is 1.10. The highest BCUT2D eigenvalue weighted by molar-refractivity contribution is 5.95. The van der Waals surface area contributed by atoms with Crippen LogP contribution in [0.2, 0.25) is 0 Å². The molecule has 0 aromatic rings. The normalized spacial score (nSPS) is 43.9. The Bertz CT molecular complexity index is 429. The van der Waals surface area contributed by atoms with E-state index in [1.807, 2.05) is 0 Å². The topological polar surface area (TPSA) is 20.3 Å². The third kappa shape index (κ3) is 1.95. The maximum absolute atomic E-state index is 12.9. The summed E-state index contributed by atoms with van der Waals surface area (Å²) in [7, 11) is 0. The minimum absolute atomic E-state index is 0.159. The van der Waals surface area contributed by atoms with E-state index in [1.165, 1.54) is 25.7 Å². The summed E-state index contributed by atoms with van der Waals surface area (Å²) in [6.45, 7) is 12.1. The Morgan fingerprint density at radius 2 is 1.90 bits per heavy atom. The van der Waals surface area contributed by atoms with Crippen molar-refractivity contribution in [3.05, 3.63) is 12.2 Å². The molecule has 3 aliphatic rings. The van der Waals surface area contributed by atoms with Crippen LogP contribution in [0.3, 0.4) is 0 Å². The number of hydrogen-bond donors (Lipinski definition) is 0. The molecule has 3 fully saturated rings. The molecule has 1 heterocycles.